The van der Waals surface area contributed by atoms with Crippen LogP contribution in [0.4, 0.5) is 0 Å². The molecule has 1 aromatic heterocycles. The van der Waals surface area contributed by atoms with Gasteiger partial charge in [0.05, 0.1) is 0 Å². The van der Waals surface area contributed by atoms with Crippen molar-refractivity contribution in [1.29, 1.82) is 0 Å². The van der Waals surface area contributed by atoms with Crippen LogP contribution >= 0.6 is 11.3 Å². The van der Waals surface area contributed by atoms with E-state index in [1.54, 1.807) is 0 Å². The molecular weight excluding hydrogens is 252 g/mol. The highest BCUT2D eigenvalue weighted by molar-refractivity contribution is 7.17. The Morgan fingerprint density at radius 3 is 3.05 bits per heavy atom. The lowest BCUT2D eigenvalue weighted by atomic mass is 10.1. The van der Waals surface area contributed by atoms with Crippen molar-refractivity contribution in [2.75, 3.05) is 13.1 Å². The molecule has 0 amide bonds. The average Bonchev–Trinajstić information content (AvgIpc) is 2.85. The maximum Gasteiger partial charge on any atom is 0.0346 e. The van der Waals surface area contributed by atoms with Gasteiger partial charge in [-0.15, -0.1) is 11.3 Å². The van der Waals surface area contributed by atoms with Crippen LogP contribution in [0.15, 0.2) is 29.6 Å². The maximum atomic E-state index is 3.63. The quantitative estimate of drug-likeness (QED) is 0.922. The van der Waals surface area contributed by atoms with Gasteiger partial charge in [0, 0.05) is 36.4 Å². The summed E-state index contributed by atoms with van der Waals surface area (Å²) >= 11 is 1.87. The molecule has 0 radical (unpaired) electrons. The number of nitrogens with zero attached hydrogens (tertiary/aromatic N) is 1. The summed E-state index contributed by atoms with van der Waals surface area (Å²) in [6.07, 6.45) is 1.22. The van der Waals surface area contributed by atoms with Crippen molar-refractivity contribution >= 4 is 21.4 Å². The fourth-order valence-corrected chi connectivity index (χ4v) is 3.82. The monoisotopic (exact) mass is 274 g/mol. The van der Waals surface area contributed by atoms with Crippen LogP contribution in [-0.2, 0) is 6.54 Å². The Labute approximate surface area is 119 Å². The summed E-state index contributed by atoms with van der Waals surface area (Å²) in [5, 5.41) is 7.40. The molecule has 2 atom stereocenters. The first-order valence-corrected chi connectivity index (χ1v) is 8.08. The molecule has 102 valence electrons. The Morgan fingerprint density at radius 1 is 1.37 bits per heavy atom. The van der Waals surface area contributed by atoms with Crippen molar-refractivity contribution in [1.82, 2.24) is 10.2 Å². The van der Waals surface area contributed by atoms with Crippen LogP contribution in [0.3, 0.4) is 0 Å². The summed E-state index contributed by atoms with van der Waals surface area (Å²) in [5.74, 6) is 0. The predicted octanol–water partition coefficient (Wildman–Crippen LogP) is 3.47. The molecule has 2 nitrogen and oxygen atoms in total. The van der Waals surface area contributed by atoms with Gasteiger partial charge < -0.3 is 5.32 Å². The minimum Gasteiger partial charge on any atom is -0.311 e. The van der Waals surface area contributed by atoms with Crippen molar-refractivity contribution in [3.8, 4) is 0 Å². The molecule has 1 N–H and O–H groups in total. The van der Waals surface area contributed by atoms with Crippen LogP contribution in [0.2, 0.25) is 0 Å². The van der Waals surface area contributed by atoms with Gasteiger partial charge in [-0.2, -0.15) is 0 Å². The molecule has 1 fully saturated rings. The van der Waals surface area contributed by atoms with E-state index >= 15 is 0 Å². The third kappa shape index (κ3) is 2.69. The van der Waals surface area contributed by atoms with Crippen LogP contribution in [-0.4, -0.2) is 30.1 Å². The number of hydrogen-bond acceptors (Lipinski definition) is 3. The highest BCUT2D eigenvalue weighted by Gasteiger charge is 2.24. The standard InChI is InChI=1S/C16H22N2S/c1-3-14-10-18(12(2)8-17-14)9-13-11-19-16-7-5-4-6-15(13)16/h4-7,11-12,14,17H,3,8-10H2,1-2H3. The first-order valence-electron chi connectivity index (χ1n) is 7.20. The molecule has 0 saturated carbocycles. The van der Waals surface area contributed by atoms with Gasteiger partial charge >= 0.3 is 0 Å². The van der Waals surface area contributed by atoms with E-state index in [0.29, 0.717) is 12.1 Å². The van der Waals surface area contributed by atoms with Gasteiger partial charge in [0.25, 0.3) is 0 Å². The second-order valence-electron chi connectivity index (χ2n) is 5.55. The first kappa shape index (κ1) is 13.1. The minimum absolute atomic E-state index is 0.626. The predicted molar refractivity (Wildman–Crippen MR) is 83.8 cm³/mol. The van der Waals surface area contributed by atoms with Crippen molar-refractivity contribution in [3.63, 3.8) is 0 Å². The number of thiophene rings is 1. The summed E-state index contributed by atoms with van der Waals surface area (Å²) in [6.45, 7) is 7.96. The van der Waals surface area contributed by atoms with Gasteiger partial charge in [0.2, 0.25) is 0 Å². The normalized spacial score (nSPS) is 24.9. The van der Waals surface area contributed by atoms with Gasteiger partial charge in [-0.25, -0.2) is 0 Å². The van der Waals surface area contributed by atoms with Crippen molar-refractivity contribution in [2.45, 2.75) is 38.9 Å². The lowest BCUT2D eigenvalue weighted by Gasteiger charge is -2.38. The van der Waals surface area contributed by atoms with E-state index in [9.17, 15) is 0 Å². The molecule has 19 heavy (non-hydrogen) atoms. The van der Waals surface area contributed by atoms with Crippen LogP contribution in [0, 0.1) is 0 Å². The Hall–Kier alpha value is -0.900. The zero-order valence-electron chi connectivity index (χ0n) is 11.7. The zero-order valence-corrected chi connectivity index (χ0v) is 12.5. The molecule has 1 saturated heterocycles. The molecule has 1 aliphatic heterocycles. The fourth-order valence-electron chi connectivity index (χ4n) is 2.86. The van der Waals surface area contributed by atoms with E-state index < -0.39 is 0 Å². The van der Waals surface area contributed by atoms with Crippen molar-refractivity contribution in [3.05, 3.63) is 35.2 Å². The molecule has 3 rings (SSSR count). The summed E-state index contributed by atoms with van der Waals surface area (Å²) in [7, 11) is 0. The molecule has 2 unspecified atom stereocenters. The van der Waals surface area contributed by atoms with Gasteiger partial charge in [-0.05, 0) is 35.7 Å². The van der Waals surface area contributed by atoms with E-state index in [-0.39, 0.29) is 0 Å². The molecule has 1 aromatic carbocycles. The number of rotatable bonds is 3. The van der Waals surface area contributed by atoms with E-state index in [0.717, 1.165) is 13.1 Å². The molecule has 0 spiro atoms. The minimum atomic E-state index is 0.626. The maximum absolute atomic E-state index is 3.63. The third-order valence-electron chi connectivity index (χ3n) is 4.21. The van der Waals surface area contributed by atoms with Crippen LogP contribution in [0.1, 0.15) is 25.8 Å². The average molecular weight is 274 g/mol. The fraction of sp³-hybridized carbons (Fsp3) is 0.500. The Kier molecular flexibility index (Phi) is 3.87. The second-order valence-corrected chi connectivity index (χ2v) is 6.46. The highest BCUT2D eigenvalue weighted by Crippen LogP contribution is 2.27. The summed E-state index contributed by atoms with van der Waals surface area (Å²) in [5.41, 5.74) is 1.49. The molecule has 0 bridgehead atoms. The number of fused-ring (bicyclic) bond motifs is 1. The van der Waals surface area contributed by atoms with E-state index in [4.69, 9.17) is 0 Å². The van der Waals surface area contributed by atoms with Gasteiger partial charge in [0.15, 0.2) is 0 Å². The number of nitrogens with one attached hydrogen (secondary N) is 1. The lowest BCUT2D eigenvalue weighted by Crippen LogP contribution is -2.54. The number of benzene rings is 1. The second kappa shape index (κ2) is 5.61. The van der Waals surface area contributed by atoms with Gasteiger partial charge in [-0.3, -0.25) is 4.90 Å². The van der Waals surface area contributed by atoms with Crippen molar-refractivity contribution in [2.24, 2.45) is 0 Å². The zero-order chi connectivity index (χ0) is 13.2. The van der Waals surface area contributed by atoms with Gasteiger partial charge in [-0.1, -0.05) is 25.1 Å². The van der Waals surface area contributed by atoms with Crippen LogP contribution < -0.4 is 5.32 Å². The molecule has 3 heteroatoms. The molecule has 0 aliphatic carbocycles. The highest BCUT2D eigenvalue weighted by atomic mass is 32.1. The van der Waals surface area contributed by atoms with E-state index in [1.165, 1.54) is 28.6 Å². The molecule has 2 heterocycles. The number of piperazine rings is 1. The Bertz CT molecular complexity index is 548. The van der Waals surface area contributed by atoms with E-state index in [1.807, 2.05) is 11.3 Å². The topological polar surface area (TPSA) is 15.3 Å². The first-order chi connectivity index (χ1) is 9.28. The third-order valence-corrected chi connectivity index (χ3v) is 5.22. The Balaban J connectivity index is 1.80. The summed E-state index contributed by atoms with van der Waals surface area (Å²) in [4.78, 5) is 2.62. The van der Waals surface area contributed by atoms with Crippen molar-refractivity contribution < 1.29 is 0 Å². The smallest absolute Gasteiger partial charge is 0.0346 e. The summed E-state index contributed by atoms with van der Waals surface area (Å²) < 4.78 is 1.41. The molecule has 1 aliphatic rings. The molecular formula is C16H22N2S. The van der Waals surface area contributed by atoms with Crippen LogP contribution in [0.25, 0.3) is 10.1 Å². The summed E-state index contributed by atoms with van der Waals surface area (Å²) in [6, 6.07) is 10.0. The largest absolute Gasteiger partial charge is 0.311 e. The van der Waals surface area contributed by atoms with E-state index in [2.05, 4.69) is 53.7 Å². The lowest BCUT2D eigenvalue weighted by molar-refractivity contribution is 0.132. The van der Waals surface area contributed by atoms with Crippen LogP contribution in [0.5, 0.6) is 0 Å². The van der Waals surface area contributed by atoms with Gasteiger partial charge in [0.1, 0.15) is 0 Å². The SMILES string of the molecule is CCC1CN(Cc2csc3ccccc23)C(C)CN1. The Morgan fingerprint density at radius 2 is 2.21 bits per heavy atom. The number of hydrogen-bond donors (Lipinski definition) is 1. The molecule has 2 aromatic rings.